The predicted molar refractivity (Wildman–Crippen MR) is 206 cm³/mol. The van der Waals surface area contributed by atoms with Crippen molar-refractivity contribution in [1.29, 1.82) is 0 Å². The number of aryl methyl sites for hydroxylation is 1. The van der Waals surface area contributed by atoms with E-state index >= 15 is 0 Å². The number of pyridine rings is 1. The third kappa shape index (κ3) is 7.95. The maximum Gasteiger partial charge on any atom is 0.352 e. The second kappa shape index (κ2) is 17.5. The molecule has 7 rings (SSSR count). The van der Waals surface area contributed by atoms with Gasteiger partial charge in [-0.15, -0.1) is 23.1 Å². The summed E-state index contributed by atoms with van der Waals surface area (Å²) in [6.07, 6.45) is 3.73. The molecule has 3 aromatic carbocycles. The summed E-state index contributed by atoms with van der Waals surface area (Å²) >= 11 is 2.65. The lowest BCUT2D eigenvalue weighted by atomic mass is 9.77. The van der Waals surface area contributed by atoms with Crippen LogP contribution < -0.4 is 43.9 Å². The van der Waals surface area contributed by atoms with E-state index in [-0.39, 0.29) is 47.7 Å². The molecule has 0 bridgehead atoms. The number of halogens is 1. The Morgan fingerprint density at radius 2 is 1.60 bits per heavy atom. The molecule has 0 aliphatic carbocycles. The van der Waals surface area contributed by atoms with Crippen molar-refractivity contribution in [3.63, 3.8) is 0 Å². The first-order valence-electron chi connectivity index (χ1n) is 17.2. The molecule has 1 fully saturated rings. The van der Waals surface area contributed by atoms with Gasteiger partial charge in [0.25, 0.3) is 11.8 Å². The molecule has 1 saturated heterocycles. The number of β-lactam (4-membered cyclic amide) rings is 1. The Kier molecular flexibility index (Phi) is 12.5. The molecule has 2 amide bonds. The molecule has 2 aliphatic heterocycles. The number of benzene rings is 3. The van der Waals surface area contributed by atoms with Crippen LogP contribution >= 0.6 is 23.1 Å². The first-order valence-corrected chi connectivity index (χ1v) is 19.1. The fourth-order valence-electron chi connectivity index (χ4n) is 6.63. The molecule has 2 aromatic heterocycles. The highest BCUT2D eigenvalue weighted by atomic mass is 127. The number of rotatable bonds is 14. The van der Waals surface area contributed by atoms with Crippen LogP contribution in [-0.4, -0.2) is 69.4 Å². The van der Waals surface area contributed by atoms with Crippen molar-refractivity contribution in [3.8, 4) is 5.75 Å². The van der Waals surface area contributed by atoms with Crippen LogP contribution in [0, 0.1) is 0 Å². The van der Waals surface area contributed by atoms with Crippen LogP contribution in [-0.2, 0) is 31.3 Å². The predicted octanol–water partition coefficient (Wildman–Crippen LogP) is 2.03. The van der Waals surface area contributed by atoms with Gasteiger partial charge in [0.1, 0.15) is 48.6 Å². The number of hydrogen-bond donors (Lipinski definition) is 3. The van der Waals surface area contributed by atoms with Gasteiger partial charge in [-0.25, -0.2) is 14.3 Å². The van der Waals surface area contributed by atoms with Crippen molar-refractivity contribution >= 4 is 51.7 Å². The molecular formula is C40H37IN6O6S2. The number of ether oxygens (including phenoxy) is 1. The standard InChI is InChI=1S/C40H36N6O6S2.HI/c1-3-45-21-13-20-30(22-45)52-23-26-24-53-37-33(36(48)46(37)34(26)38(49)50)42-35(47)32(44-51-2)31-25-54-39(41-31)43-40(27-14-7-4-8-15-27,28-16-9-5-10-17-28)29-18-11-6-12-19-29;/h4-22,25,33,37H,3,23-24H2,1-2H3,(H2-,41,42,43,47,49,50);1H/b44-32-;/t33-,37-;/m1./s1. The molecule has 55 heavy (non-hydrogen) atoms. The van der Waals surface area contributed by atoms with Gasteiger partial charge in [0.2, 0.25) is 6.20 Å². The van der Waals surface area contributed by atoms with E-state index in [1.807, 2.05) is 84.5 Å². The van der Waals surface area contributed by atoms with Crippen LogP contribution in [0.4, 0.5) is 5.13 Å². The fourth-order valence-corrected chi connectivity index (χ4v) is 8.71. The zero-order valence-electron chi connectivity index (χ0n) is 29.8. The topological polar surface area (TPSA) is 146 Å². The van der Waals surface area contributed by atoms with E-state index in [0.29, 0.717) is 22.2 Å². The van der Waals surface area contributed by atoms with Gasteiger partial charge in [0.05, 0.1) is 0 Å². The minimum Gasteiger partial charge on any atom is -1.00 e. The van der Waals surface area contributed by atoms with Crippen LogP contribution in [0.5, 0.6) is 5.75 Å². The smallest absolute Gasteiger partial charge is 0.352 e. The first-order chi connectivity index (χ1) is 26.3. The van der Waals surface area contributed by atoms with Crippen molar-refractivity contribution in [1.82, 2.24) is 15.2 Å². The number of hydrogen-bond acceptors (Lipinski definition) is 10. The van der Waals surface area contributed by atoms with E-state index in [1.165, 1.54) is 35.1 Å². The summed E-state index contributed by atoms with van der Waals surface area (Å²) in [5.41, 5.74) is 2.54. The molecule has 5 aromatic rings. The highest BCUT2D eigenvalue weighted by Gasteiger charge is 2.54. The normalized spacial score (nSPS) is 16.7. The van der Waals surface area contributed by atoms with E-state index in [2.05, 4.69) is 52.2 Å². The molecule has 2 aliphatic rings. The average molecular weight is 889 g/mol. The maximum absolute atomic E-state index is 13.8. The number of aliphatic carboxylic acids is 1. The van der Waals surface area contributed by atoms with Gasteiger partial charge in [-0.3, -0.25) is 14.5 Å². The van der Waals surface area contributed by atoms with E-state index in [9.17, 15) is 19.5 Å². The summed E-state index contributed by atoms with van der Waals surface area (Å²) in [5, 5.41) is 22.2. The summed E-state index contributed by atoms with van der Waals surface area (Å²) < 4.78 is 7.86. The van der Waals surface area contributed by atoms with Gasteiger partial charge in [-0.2, -0.15) is 0 Å². The molecule has 0 saturated carbocycles. The number of nitrogens with one attached hydrogen (secondary N) is 2. The number of carbonyl (C=O) groups excluding carboxylic acids is 2. The van der Waals surface area contributed by atoms with Crippen LogP contribution in [0.3, 0.4) is 0 Å². The number of oxime groups is 1. The number of fused-ring (bicyclic) bond motifs is 1. The summed E-state index contributed by atoms with van der Waals surface area (Å²) in [5.74, 6) is -1.59. The van der Waals surface area contributed by atoms with Crippen molar-refractivity contribution < 1.29 is 57.6 Å². The Balaban J connectivity index is 0.00000514. The van der Waals surface area contributed by atoms with E-state index in [0.717, 1.165) is 23.2 Å². The fraction of sp³-hybridized carbons (Fsp3) is 0.200. The maximum atomic E-state index is 13.8. The Bertz CT molecular complexity index is 2120. The Morgan fingerprint density at radius 3 is 2.16 bits per heavy atom. The van der Waals surface area contributed by atoms with Gasteiger partial charge in [-0.05, 0) is 29.7 Å². The summed E-state index contributed by atoms with van der Waals surface area (Å²) in [6, 6.07) is 32.8. The van der Waals surface area contributed by atoms with Crippen LogP contribution in [0.15, 0.2) is 137 Å². The number of anilines is 1. The minimum absolute atomic E-state index is 0. The SMILES string of the molecule is CC[n+]1cccc(OCC2=C(C(=O)O)N3C(=O)[C@@H](NC(=O)/C(=N\OC)c4csc(NC(c5ccccc5)(c5ccccc5)c5ccccc5)n4)[C@H]3SC2)c1.[I-]. The van der Waals surface area contributed by atoms with Crippen molar-refractivity contribution in [2.75, 3.05) is 24.8 Å². The highest BCUT2D eigenvalue weighted by molar-refractivity contribution is 8.00. The Hall–Kier alpha value is -5.26. The third-order valence-electron chi connectivity index (χ3n) is 9.21. The lowest BCUT2D eigenvalue weighted by Gasteiger charge is -2.49. The second-order valence-electron chi connectivity index (χ2n) is 12.4. The van der Waals surface area contributed by atoms with Gasteiger partial charge < -0.3 is 49.3 Å². The number of amides is 2. The number of thioether (sulfide) groups is 1. The number of nitrogens with zero attached hydrogens (tertiary/aromatic N) is 4. The second-order valence-corrected chi connectivity index (χ2v) is 14.4. The van der Waals surface area contributed by atoms with Gasteiger partial charge in [-0.1, -0.05) is 96.2 Å². The van der Waals surface area contributed by atoms with Gasteiger partial charge in [0.15, 0.2) is 22.8 Å². The van der Waals surface area contributed by atoms with Crippen molar-refractivity contribution in [3.05, 3.63) is 155 Å². The minimum atomic E-state index is -1.24. The van der Waals surface area contributed by atoms with Crippen LogP contribution in [0.25, 0.3) is 0 Å². The molecule has 0 unspecified atom stereocenters. The molecule has 282 valence electrons. The van der Waals surface area contributed by atoms with Crippen LogP contribution in [0.1, 0.15) is 29.3 Å². The largest absolute Gasteiger partial charge is 1.00 e. The molecular weight excluding hydrogens is 852 g/mol. The Morgan fingerprint density at radius 1 is 0.982 bits per heavy atom. The number of carboxylic acids is 1. The summed E-state index contributed by atoms with van der Waals surface area (Å²) in [6.45, 7) is 2.76. The first kappa shape index (κ1) is 39.4. The number of carbonyl (C=O) groups is 3. The highest BCUT2D eigenvalue weighted by Crippen LogP contribution is 2.42. The van der Waals surface area contributed by atoms with E-state index in [1.54, 1.807) is 11.4 Å². The quantitative estimate of drug-likeness (QED) is 0.0381. The summed E-state index contributed by atoms with van der Waals surface area (Å²) in [7, 11) is 1.32. The van der Waals surface area contributed by atoms with Gasteiger partial charge in [0, 0.05) is 22.8 Å². The molecule has 15 heteroatoms. The van der Waals surface area contributed by atoms with Crippen molar-refractivity contribution in [2.45, 2.75) is 30.4 Å². The molecule has 0 spiro atoms. The number of thiazole rings is 1. The average Bonchev–Trinajstić information content (AvgIpc) is 3.68. The van der Waals surface area contributed by atoms with E-state index < -0.39 is 34.7 Å². The Labute approximate surface area is 343 Å². The lowest BCUT2D eigenvalue weighted by Crippen LogP contribution is -3.00. The zero-order valence-corrected chi connectivity index (χ0v) is 33.6. The molecule has 4 heterocycles. The molecule has 0 radical (unpaired) electrons. The van der Waals surface area contributed by atoms with Gasteiger partial charge >= 0.3 is 5.97 Å². The number of aromatic nitrogens is 2. The molecule has 3 N–H and O–H groups in total. The number of carboxylic acid groups (broad SMARTS) is 1. The van der Waals surface area contributed by atoms with Crippen molar-refractivity contribution in [2.24, 2.45) is 5.16 Å². The molecule has 12 nitrogen and oxygen atoms in total. The third-order valence-corrected chi connectivity index (χ3v) is 11.3. The monoisotopic (exact) mass is 888 g/mol. The summed E-state index contributed by atoms with van der Waals surface area (Å²) in [4.78, 5) is 50.8. The van der Waals surface area contributed by atoms with E-state index in [4.69, 9.17) is 14.6 Å². The van der Waals surface area contributed by atoms with Crippen LogP contribution in [0.2, 0.25) is 0 Å². The zero-order chi connectivity index (χ0) is 37.7. The lowest BCUT2D eigenvalue weighted by molar-refractivity contribution is -0.693. The molecule has 2 atom stereocenters.